The quantitative estimate of drug-likeness (QED) is 0.723. The normalized spacial score (nSPS) is 11.2. The Bertz CT molecular complexity index is 731. The summed E-state index contributed by atoms with van der Waals surface area (Å²) in [6.07, 6.45) is 1.14. The second-order valence-electron chi connectivity index (χ2n) is 5.46. The molecule has 0 saturated heterocycles. The Hall–Kier alpha value is -2.18. The summed E-state index contributed by atoms with van der Waals surface area (Å²) in [5.41, 5.74) is 2.08. The van der Waals surface area contributed by atoms with Crippen molar-refractivity contribution in [2.24, 2.45) is 0 Å². The molecule has 0 radical (unpaired) electrons. The summed E-state index contributed by atoms with van der Waals surface area (Å²) in [7, 11) is -3.46. The van der Waals surface area contributed by atoms with Crippen molar-refractivity contribution < 1.29 is 13.2 Å². The van der Waals surface area contributed by atoms with Crippen LogP contribution in [0, 0.1) is 0 Å². The molecule has 0 saturated carbocycles. The number of rotatable bonds is 9. The number of carbonyl (C=O) groups excluding carboxylic acids is 1. The van der Waals surface area contributed by atoms with Gasteiger partial charge < -0.3 is 5.32 Å². The van der Waals surface area contributed by atoms with Crippen molar-refractivity contribution in [3.05, 3.63) is 71.8 Å². The van der Waals surface area contributed by atoms with Gasteiger partial charge in [0.2, 0.25) is 15.9 Å². The molecule has 0 spiro atoms. The van der Waals surface area contributed by atoms with E-state index in [2.05, 4.69) is 10.0 Å². The van der Waals surface area contributed by atoms with E-state index in [0.29, 0.717) is 19.4 Å². The minimum absolute atomic E-state index is 0.0334. The first-order valence-corrected chi connectivity index (χ1v) is 9.52. The molecule has 0 aliphatic carbocycles. The van der Waals surface area contributed by atoms with Gasteiger partial charge in [-0.15, -0.1) is 0 Å². The van der Waals surface area contributed by atoms with Gasteiger partial charge in [-0.3, -0.25) is 4.79 Å². The Balaban J connectivity index is 1.66. The third-order valence-corrected chi connectivity index (χ3v) is 4.86. The minimum Gasteiger partial charge on any atom is -0.355 e. The van der Waals surface area contributed by atoms with Crippen LogP contribution in [0.5, 0.6) is 0 Å². The van der Waals surface area contributed by atoms with Crippen molar-refractivity contribution in [1.82, 2.24) is 10.0 Å². The molecule has 0 heterocycles. The first-order chi connectivity index (χ1) is 11.6. The molecule has 6 heteroatoms. The van der Waals surface area contributed by atoms with Gasteiger partial charge in [0.15, 0.2) is 0 Å². The first-order valence-electron chi connectivity index (χ1n) is 7.87. The highest BCUT2D eigenvalue weighted by Gasteiger charge is 2.12. The van der Waals surface area contributed by atoms with E-state index < -0.39 is 10.0 Å². The number of sulfonamides is 1. The third kappa shape index (κ3) is 6.93. The number of hydrogen-bond acceptors (Lipinski definition) is 3. The zero-order valence-corrected chi connectivity index (χ0v) is 14.3. The highest BCUT2D eigenvalue weighted by atomic mass is 32.2. The van der Waals surface area contributed by atoms with Gasteiger partial charge in [-0.25, -0.2) is 13.1 Å². The number of hydrogen-bond donors (Lipinski definition) is 2. The summed E-state index contributed by atoms with van der Waals surface area (Å²) in [6, 6.07) is 19.2. The van der Waals surface area contributed by atoms with E-state index >= 15 is 0 Å². The second-order valence-corrected chi connectivity index (χ2v) is 7.39. The molecule has 2 aromatic rings. The maximum Gasteiger partial charge on any atom is 0.235 e. The molecular weight excluding hydrogens is 324 g/mol. The smallest absolute Gasteiger partial charge is 0.235 e. The molecule has 0 aliphatic heterocycles. The summed E-state index contributed by atoms with van der Waals surface area (Å²) in [4.78, 5) is 11.7. The maximum atomic E-state index is 11.9. The van der Waals surface area contributed by atoms with Crippen molar-refractivity contribution in [2.75, 3.05) is 18.8 Å². The highest BCUT2D eigenvalue weighted by Crippen LogP contribution is 2.01. The largest absolute Gasteiger partial charge is 0.355 e. The SMILES string of the molecule is O=C(CNS(=O)(=O)CCc1ccccc1)NCCc1ccccc1. The summed E-state index contributed by atoms with van der Waals surface area (Å²) < 4.78 is 26.2. The number of aryl methyl sites for hydroxylation is 1. The van der Waals surface area contributed by atoms with Gasteiger partial charge in [-0.05, 0) is 24.0 Å². The molecule has 0 fully saturated rings. The molecule has 0 atom stereocenters. The van der Waals surface area contributed by atoms with Crippen molar-refractivity contribution in [3.8, 4) is 0 Å². The zero-order chi connectivity index (χ0) is 17.3. The summed E-state index contributed by atoms with van der Waals surface area (Å²) in [6.45, 7) is 0.250. The average Bonchev–Trinajstić information content (AvgIpc) is 2.60. The van der Waals surface area contributed by atoms with E-state index in [1.165, 1.54) is 0 Å². The van der Waals surface area contributed by atoms with Crippen LogP contribution in [0.4, 0.5) is 0 Å². The molecule has 128 valence electrons. The Morgan fingerprint density at radius 2 is 1.38 bits per heavy atom. The van der Waals surface area contributed by atoms with Gasteiger partial charge in [-0.2, -0.15) is 0 Å². The molecule has 0 aromatic heterocycles. The first kappa shape index (κ1) is 18.2. The van der Waals surface area contributed by atoms with Crippen LogP contribution in [0.3, 0.4) is 0 Å². The lowest BCUT2D eigenvalue weighted by Gasteiger charge is -2.08. The summed E-state index contributed by atoms with van der Waals surface area (Å²) >= 11 is 0. The van der Waals surface area contributed by atoms with Gasteiger partial charge in [0.25, 0.3) is 0 Å². The summed E-state index contributed by atoms with van der Waals surface area (Å²) in [5.74, 6) is -0.358. The van der Waals surface area contributed by atoms with Crippen LogP contribution in [-0.4, -0.2) is 33.2 Å². The fraction of sp³-hybridized carbons (Fsp3) is 0.278. The Morgan fingerprint density at radius 3 is 1.96 bits per heavy atom. The lowest BCUT2D eigenvalue weighted by Crippen LogP contribution is -2.38. The molecule has 24 heavy (non-hydrogen) atoms. The number of carbonyl (C=O) groups is 1. The van der Waals surface area contributed by atoms with Crippen molar-refractivity contribution in [3.63, 3.8) is 0 Å². The van der Waals surface area contributed by atoms with Crippen molar-refractivity contribution in [2.45, 2.75) is 12.8 Å². The topological polar surface area (TPSA) is 75.3 Å². The van der Waals surface area contributed by atoms with Crippen LogP contribution >= 0.6 is 0 Å². The second kappa shape index (κ2) is 9.20. The van der Waals surface area contributed by atoms with Gasteiger partial charge in [-0.1, -0.05) is 60.7 Å². The monoisotopic (exact) mass is 346 g/mol. The van der Waals surface area contributed by atoms with Crippen LogP contribution in [0.2, 0.25) is 0 Å². The molecule has 0 unspecified atom stereocenters. The van der Waals surface area contributed by atoms with Crippen LogP contribution in [0.1, 0.15) is 11.1 Å². The number of benzene rings is 2. The van der Waals surface area contributed by atoms with E-state index in [0.717, 1.165) is 11.1 Å². The minimum atomic E-state index is -3.46. The summed E-state index contributed by atoms with van der Waals surface area (Å²) in [5, 5.41) is 2.71. The lowest BCUT2D eigenvalue weighted by molar-refractivity contribution is -0.119. The van der Waals surface area contributed by atoms with Crippen LogP contribution in [-0.2, 0) is 27.7 Å². The maximum absolute atomic E-state index is 11.9. The Labute approximate surface area is 143 Å². The molecule has 5 nitrogen and oxygen atoms in total. The average molecular weight is 346 g/mol. The molecular formula is C18H22N2O3S. The molecule has 2 N–H and O–H groups in total. The molecule has 2 aromatic carbocycles. The van der Waals surface area contributed by atoms with E-state index in [-0.39, 0.29) is 18.2 Å². The molecule has 0 aliphatic rings. The predicted octanol–water partition coefficient (Wildman–Crippen LogP) is 1.51. The lowest BCUT2D eigenvalue weighted by atomic mass is 10.1. The van der Waals surface area contributed by atoms with Crippen LogP contribution < -0.4 is 10.0 Å². The van der Waals surface area contributed by atoms with E-state index in [1.54, 1.807) is 0 Å². The Morgan fingerprint density at radius 1 is 0.833 bits per heavy atom. The van der Waals surface area contributed by atoms with Gasteiger partial charge >= 0.3 is 0 Å². The number of amides is 1. The van der Waals surface area contributed by atoms with Gasteiger partial charge in [0.05, 0.1) is 12.3 Å². The van der Waals surface area contributed by atoms with Crippen LogP contribution in [0.25, 0.3) is 0 Å². The Kier molecular flexibility index (Phi) is 6.96. The van der Waals surface area contributed by atoms with E-state index in [1.807, 2.05) is 60.7 Å². The van der Waals surface area contributed by atoms with Crippen molar-refractivity contribution >= 4 is 15.9 Å². The molecule has 1 amide bonds. The predicted molar refractivity (Wildman–Crippen MR) is 95.1 cm³/mol. The van der Waals surface area contributed by atoms with Crippen LogP contribution in [0.15, 0.2) is 60.7 Å². The zero-order valence-electron chi connectivity index (χ0n) is 13.4. The standard InChI is InChI=1S/C18H22N2O3S/c21-18(19-13-11-16-7-3-1-4-8-16)15-20-24(22,23)14-12-17-9-5-2-6-10-17/h1-10,20H,11-15H2,(H,19,21). The highest BCUT2D eigenvalue weighted by molar-refractivity contribution is 7.89. The molecule has 2 rings (SSSR count). The fourth-order valence-electron chi connectivity index (χ4n) is 2.20. The fourth-order valence-corrected chi connectivity index (χ4v) is 3.20. The van der Waals surface area contributed by atoms with Gasteiger partial charge in [0, 0.05) is 6.54 Å². The molecule has 0 bridgehead atoms. The van der Waals surface area contributed by atoms with Gasteiger partial charge in [0.1, 0.15) is 0 Å². The third-order valence-electron chi connectivity index (χ3n) is 3.53. The van der Waals surface area contributed by atoms with E-state index in [4.69, 9.17) is 0 Å². The van der Waals surface area contributed by atoms with E-state index in [9.17, 15) is 13.2 Å². The number of nitrogens with one attached hydrogen (secondary N) is 2. The van der Waals surface area contributed by atoms with Crippen molar-refractivity contribution in [1.29, 1.82) is 0 Å².